The Bertz CT molecular complexity index is 796. The third-order valence-corrected chi connectivity index (χ3v) is 5.41. The van der Waals surface area contributed by atoms with Gasteiger partial charge in [-0.25, -0.2) is 9.98 Å². The van der Waals surface area contributed by atoms with Crippen molar-refractivity contribution in [1.29, 1.82) is 0 Å². The Morgan fingerprint density at radius 1 is 0.700 bits per heavy atom. The molecule has 2 heterocycles. The highest BCUT2D eigenvalue weighted by molar-refractivity contribution is 5.74. The molecule has 0 aliphatic carbocycles. The molecule has 0 unspecified atom stereocenters. The molecule has 30 heavy (non-hydrogen) atoms. The summed E-state index contributed by atoms with van der Waals surface area (Å²) in [7, 11) is 0. The van der Waals surface area contributed by atoms with Crippen LogP contribution >= 0.6 is 0 Å². The van der Waals surface area contributed by atoms with Crippen molar-refractivity contribution in [3.8, 4) is 0 Å². The Morgan fingerprint density at radius 3 is 1.37 bits per heavy atom. The molecular formula is C24H32N4O2. The molecule has 4 rings (SSSR count). The van der Waals surface area contributed by atoms with Crippen LogP contribution in [-0.4, -0.2) is 36.3 Å². The van der Waals surface area contributed by atoms with E-state index in [0.717, 1.165) is 25.7 Å². The summed E-state index contributed by atoms with van der Waals surface area (Å²) in [6.07, 6.45) is 3.96. The highest BCUT2D eigenvalue weighted by atomic mass is 16.5. The van der Waals surface area contributed by atoms with Crippen LogP contribution in [0.4, 0.5) is 0 Å². The van der Waals surface area contributed by atoms with Gasteiger partial charge < -0.3 is 20.9 Å². The first-order valence-electron chi connectivity index (χ1n) is 10.4. The lowest BCUT2D eigenvalue weighted by molar-refractivity contribution is 0.255. The zero-order chi connectivity index (χ0) is 21.5. The van der Waals surface area contributed by atoms with Crippen LogP contribution in [0.25, 0.3) is 0 Å². The fraction of sp³-hybridized carbons (Fsp3) is 0.417. The van der Waals surface area contributed by atoms with Crippen LogP contribution in [-0.2, 0) is 22.3 Å². The molecule has 0 spiro atoms. The van der Waals surface area contributed by atoms with E-state index in [1.165, 1.54) is 11.1 Å². The number of aryl methyl sites for hydroxylation is 2. The lowest BCUT2D eigenvalue weighted by Gasteiger charge is -2.17. The molecule has 2 aliphatic heterocycles. The second-order valence-electron chi connectivity index (χ2n) is 8.44. The quantitative estimate of drug-likeness (QED) is 0.765. The third kappa shape index (κ3) is 6.51. The number of benzene rings is 2. The van der Waals surface area contributed by atoms with Gasteiger partial charge in [-0.1, -0.05) is 60.7 Å². The fourth-order valence-corrected chi connectivity index (χ4v) is 3.49. The minimum Gasteiger partial charge on any atom is -0.463 e. The van der Waals surface area contributed by atoms with E-state index in [-0.39, 0.29) is 11.1 Å². The zero-order valence-corrected chi connectivity index (χ0v) is 17.9. The summed E-state index contributed by atoms with van der Waals surface area (Å²) in [6.45, 7) is 5.36. The number of hydrogen-bond donors (Lipinski definition) is 2. The van der Waals surface area contributed by atoms with Gasteiger partial charge in [-0.2, -0.15) is 0 Å². The fourth-order valence-electron chi connectivity index (χ4n) is 3.49. The molecule has 0 aromatic heterocycles. The lowest BCUT2D eigenvalue weighted by atomic mass is 9.95. The Kier molecular flexibility index (Phi) is 6.98. The van der Waals surface area contributed by atoms with Crippen LogP contribution in [0.3, 0.4) is 0 Å². The van der Waals surface area contributed by atoms with Crippen molar-refractivity contribution in [2.75, 3.05) is 13.2 Å². The van der Waals surface area contributed by atoms with E-state index in [4.69, 9.17) is 20.9 Å². The predicted molar refractivity (Wildman–Crippen MR) is 121 cm³/mol. The molecule has 2 aromatic rings. The minimum absolute atomic E-state index is 0.139. The summed E-state index contributed by atoms with van der Waals surface area (Å²) >= 11 is 0. The summed E-state index contributed by atoms with van der Waals surface area (Å²) in [5, 5.41) is 0. The van der Waals surface area contributed by atoms with Crippen molar-refractivity contribution in [1.82, 2.24) is 0 Å². The molecule has 0 fully saturated rings. The smallest absolute Gasteiger partial charge is 0.282 e. The number of amidine groups is 2. The first-order chi connectivity index (χ1) is 14.4. The first-order valence-corrected chi connectivity index (χ1v) is 10.4. The summed E-state index contributed by atoms with van der Waals surface area (Å²) in [6, 6.07) is 21.5. The van der Waals surface area contributed by atoms with Gasteiger partial charge in [0, 0.05) is 0 Å². The minimum atomic E-state index is -0.139. The van der Waals surface area contributed by atoms with Crippen LogP contribution in [0.15, 0.2) is 70.6 Å². The van der Waals surface area contributed by atoms with E-state index in [1.807, 2.05) is 12.1 Å². The van der Waals surface area contributed by atoms with E-state index < -0.39 is 0 Å². The van der Waals surface area contributed by atoms with Crippen molar-refractivity contribution in [2.45, 2.75) is 50.6 Å². The topological polar surface area (TPSA) is 95.2 Å². The third-order valence-electron chi connectivity index (χ3n) is 5.41. The number of rotatable bonds is 6. The molecule has 0 bridgehead atoms. The summed E-state index contributed by atoms with van der Waals surface area (Å²) in [4.78, 5) is 8.62. The molecule has 2 aliphatic rings. The van der Waals surface area contributed by atoms with E-state index in [0.29, 0.717) is 25.3 Å². The Hall–Kier alpha value is -3.02. The number of nitrogens with zero attached hydrogens (tertiary/aromatic N) is 2. The Balaban J connectivity index is 0.000000171. The first kappa shape index (κ1) is 21.7. The van der Waals surface area contributed by atoms with E-state index in [9.17, 15) is 0 Å². The molecule has 0 saturated heterocycles. The average molecular weight is 409 g/mol. The van der Waals surface area contributed by atoms with Gasteiger partial charge in [0.05, 0.1) is 11.1 Å². The van der Waals surface area contributed by atoms with Gasteiger partial charge in [0.1, 0.15) is 13.2 Å². The van der Waals surface area contributed by atoms with Crippen LogP contribution in [0.5, 0.6) is 0 Å². The van der Waals surface area contributed by atoms with Crippen molar-refractivity contribution in [3.05, 3.63) is 71.8 Å². The van der Waals surface area contributed by atoms with Crippen molar-refractivity contribution < 1.29 is 9.47 Å². The van der Waals surface area contributed by atoms with Crippen LogP contribution in [0.1, 0.15) is 37.8 Å². The van der Waals surface area contributed by atoms with Crippen LogP contribution in [0.2, 0.25) is 0 Å². The van der Waals surface area contributed by atoms with Crippen LogP contribution in [0, 0.1) is 0 Å². The number of hydrogen-bond acceptors (Lipinski definition) is 6. The van der Waals surface area contributed by atoms with Crippen LogP contribution < -0.4 is 11.5 Å². The lowest BCUT2D eigenvalue weighted by Crippen LogP contribution is -2.24. The van der Waals surface area contributed by atoms with E-state index in [2.05, 4.69) is 72.4 Å². The zero-order valence-electron chi connectivity index (χ0n) is 17.9. The van der Waals surface area contributed by atoms with Gasteiger partial charge in [-0.15, -0.1) is 0 Å². The normalized spacial score (nSPS) is 24.7. The maximum Gasteiger partial charge on any atom is 0.282 e. The highest BCUT2D eigenvalue weighted by Gasteiger charge is 2.31. The van der Waals surface area contributed by atoms with Gasteiger partial charge in [0.15, 0.2) is 0 Å². The number of nitrogens with two attached hydrogens (primary N) is 2. The molecule has 0 amide bonds. The molecule has 2 aromatic carbocycles. The Morgan fingerprint density at radius 2 is 1.07 bits per heavy atom. The summed E-state index contributed by atoms with van der Waals surface area (Å²) < 4.78 is 10.4. The molecule has 6 nitrogen and oxygen atoms in total. The number of aliphatic imine (C=N–C) groups is 2. The molecule has 0 saturated carbocycles. The molecule has 0 radical (unpaired) electrons. The maximum atomic E-state index is 5.51. The summed E-state index contributed by atoms with van der Waals surface area (Å²) in [5.41, 5.74) is 13.4. The van der Waals surface area contributed by atoms with E-state index >= 15 is 0 Å². The Labute approximate surface area is 179 Å². The average Bonchev–Trinajstić information content (AvgIpc) is 3.28. The molecule has 160 valence electrons. The standard InChI is InChI=1S/2C12H16N2O/c2*1-12(9-15-11(13)14-12)8-7-10-5-3-2-4-6-10/h2*2-6H,7-9H2,1H3,(H2,13,14)/t2*12-/m10/s1. The van der Waals surface area contributed by atoms with Gasteiger partial charge in [0.2, 0.25) is 0 Å². The van der Waals surface area contributed by atoms with Crippen molar-refractivity contribution in [3.63, 3.8) is 0 Å². The predicted octanol–water partition coefficient (Wildman–Crippen LogP) is 3.45. The molecular weight excluding hydrogens is 376 g/mol. The maximum absolute atomic E-state index is 5.51. The molecule has 4 N–H and O–H groups in total. The van der Waals surface area contributed by atoms with Crippen molar-refractivity contribution in [2.24, 2.45) is 21.5 Å². The van der Waals surface area contributed by atoms with Gasteiger partial charge >= 0.3 is 0 Å². The SMILES string of the molecule is C[C@@]1(CCc2ccccc2)COC(N)=N1.C[C@]1(CCc2ccccc2)COC(N)=N1. The van der Waals surface area contributed by atoms with E-state index in [1.54, 1.807) is 0 Å². The van der Waals surface area contributed by atoms with Gasteiger partial charge in [-0.05, 0) is 50.7 Å². The molecule has 2 atom stereocenters. The highest BCUT2D eigenvalue weighted by Crippen LogP contribution is 2.24. The number of ether oxygens (including phenoxy) is 2. The summed E-state index contributed by atoms with van der Waals surface area (Å²) in [5.74, 6) is 0. The molecule has 6 heteroatoms. The second kappa shape index (κ2) is 9.65. The van der Waals surface area contributed by atoms with Gasteiger partial charge in [0.25, 0.3) is 12.0 Å². The van der Waals surface area contributed by atoms with Crippen molar-refractivity contribution >= 4 is 12.0 Å². The largest absolute Gasteiger partial charge is 0.463 e. The second-order valence-corrected chi connectivity index (χ2v) is 8.44. The monoisotopic (exact) mass is 408 g/mol. The van der Waals surface area contributed by atoms with Gasteiger partial charge in [-0.3, -0.25) is 0 Å².